The van der Waals surface area contributed by atoms with Gasteiger partial charge >= 0.3 is 6.18 Å². The smallest absolute Gasteiger partial charge is 0.387 e. The molecule has 0 radical (unpaired) electrons. The zero-order valence-corrected chi connectivity index (χ0v) is 8.76. The molecule has 1 saturated carbocycles. The Morgan fingerprint density at radius 2 is 1.94 bits per heavy atom. The number of rotatable bonds is 2. The van der Waals surface area contributed by atoms with Gasteiger partial charge in [0.1, 0.15) is 17.3 Å². The Hall–Kier alpha value is -1.59. The van der Waals surface area contributed by atoms with Crippen molar-refractivity contribution in [2.45, 2.75) is 19.0 Å². The zero-order chi connectivity index (χ0) is 12.6. The van der Waals surface area contributed by atoms with Crippen LogP contribution in [0.25, 0.3) is 0 Å². The third kappa shape index (κ3) is 2.75. The highest BCUT2D eigenvalue weighted by molar-refractivity contribution is 5.87. The molecule has 92 valence electrons. The Balaban J connectivity index is 2.35. The van der Waals surface area contributed by atoms with Gasteiger partial charge in [-0.2, -0.15) is 13.2 Å². The minimum absolute atomic E-state index is 0.0870. The molecule has 1 aliphatic carbocycles. The largest absolute Gasteiger partial charge is 0.416 e. The van der Waals surface area contributed by atoms with Gasteiger partial charge in [0.05, 0.1) is 5.56 Å². The monoisotopic (exact) mass is 246 g/mol. The summed E-state index contributed by atoms with van der Waals surface area (Å²) in [6, 6.07) is 2.11. The molecule has 2 nitrogen and oxygen atoms in total. The van der Waals surface area contributed by atoms with E-state index in [4.69, 9.17) is 5.73 Å². The van der Waals surface area contributed by atoms with E-state index in [2.05, 4.69) is 4.99 Å². The van der Waals surface area contributed by atoms with Gasteiger partial charge in [0.15, 0.2) is 0 Å². The fourth-order valence-electron chi connectivity index (χ4n) is 1.38. The van der Waals surface area contributed by atoms with Crippen LogP contribution >= 0.6 is 0 Å². The maximum atomic E-state index is 13.3. The van der Waals surface area contributed by atoms with Gasteiger partial charge in [-0.05, 0) is 31.0 Å². The van der Waals surface area contributed by atoms with Gasteiger partial charge in [-0.15, -0.1) is 0 Å². The van der Waals surface area contributed by atoms with Crippen molar-refractivity contribution in [1.82, 2.24) is 0 Å². The molecule has 0 saturated heterocycles. The average Bonchev–Trinajstić information content (AvgIpc) is 3.02. The standard InChI is InChI=1S/C11H10F4N2/c12-8-4-3-7(11(13,14)15)5-9(8)17-10(16)6-1-2-6/h3-6H,1-2H2,(H2,16,17). The van der Waals surface area contributed by atoms with E-state index >= 15 is 0 Å². The molecule has 0 spiro atoms. The van der Waals surface area contributed by atoms with Crippen LogP contribution in [0.15, 0.2) is 23.2 Å². The van der Waals surface area contributed by atoms with E-state index in [9.17, 15) is 17.6 Å². The lowest BCUT2D eigenvalue weighted by atomic mass is 10.2. The van der Waals surface area contributed by atoms with Gasteiger partial charge < -0.3 is 5.73 Å². The summed E-state index contributed by atoms with van der Waals surface area (Å²) in [5.41, 5.74) is 4.25. The van der Waals surface area contributed by atoms with Crippen LogP contribution in [0.1, 0.15) is 18.4 Å². The van der Waals surface area contributed by atoms with Crippen molar-refractivity contribution < 1.29 is 17.6 Å². The fourth-order valence-corrected chi connectivity index (χ4v) is 1.38. The predicted octanol–water partition coefficient (Wildman–Crippen LogP) is 3.24. The van der Waals surface area contributed by atoms with E-state index in [1.165, 1.54) is 0 Å². The van der Waals surface area contributed by atoms with Gasteiger partial charge in [0.25, 0.3) is 0 Å². The molecule has 2 N–H and O–H groups in total. The van der Waals surface area contributed by atoms with Crippen molar-refractivity contribution in [3.63, 3.8) is 0 Å². The molecule has 17 heavy (non-hydrogen) atoms. The van der Waals surface area contributed by atoms with Gasteiger partial charge in [0.2, 0.25) is 0 Å². The van der Waals surface area contributed by atoms with Crippen molar-refractivity contribution in [3.8, 4) is 0 Å². The predicted molar refractivity (Wildman–Crippen MR) is 55.4 cm³/mol. The Bertz CT molecular complexity index is 461. The van der Waals surface area contributed by atoms with Gasteiger partial charge in [0, 0.05) is 5.92 Å². The fraction of sp³-hybridized carbons (Fsp3) is 0.364. The highest BCUT2D eigenvalue weighted by Crippen LogP contribution is 2.34. The quantitative estimate of drug-likeness (QED) is 0.485. The van der Waals surface area contributed by atoms with E-state index in [0.717, 1.165) is 18.9 Å². The number of nitrogens with two attached hydrogens (primary N) is 1. The Morgan fingerprint density at radius 3 is 2.47 bits per heavy atom. The summed E-state index contributed by atoms with van der Waals surface area (Å²) in [4.78, 5) is 3.71. The normalized spacial score (nSPS) is 17.3. The Morgan fingerprint density at radius 1 is 1.29 bits per heavy atom. The number of amidine groups is 1. The molecular weight excluding hydrogens is 236 g/mol. The Labute approximate surface area is 95.1 Å². The summed E-state index contributed by atoms with van der Waals surface area (Å²) >= 11 is 0. The second-order valence-corrected chi connectivity index (χ2v) is 3.97. The van der Waals surface area contributed by atoms with Gasteiger partial charge in [-0.3, -0.25) is 0 Å². The van der Waals surface area contributed by atoms with Crippen LogP contribution in [-0.2, 0) is 6.18 Å². The summed E-state index contributed by atoms with van der Waals surface area (Å²) in [6.45, 7) is 0. The molecule has 1 aromatic rings. The lowest BCUT2D eigenvalue weighted by Crippen LogP contribution is -2.13. The van der Waals surface area contributed by atoms with Gasteiger partial charge in [-0.1, -0.05) is 0 Å². The van der Waals surface area contributed by atoms with Crippen LogP contribution in [0.2, 0.25) is 0 Å². The molecule has 1 fully saturated rings. The van der Waals surface area contributed by atoms with Crippen LogP contribution in [-0.4, -0.2) is 5.84 Å². The SMILES string of the molecule is NC(=Nc1cc(C(F)(F)F)ccc1F)C1CC1. The molecular formula is C11H10F4N2. The molecule has 2 rings (SSSR count). The van der Waals surface area contributed by atoms with Crippen LogP contribution in [0, 0.1) is 11.7 Å². The van der Waals surface area contributed by atoms with Crippen molar-refractivity contribution in [3.05, 3.63) is 29.6 Å². The van der Waals surface area contributed by atoms with Crippen LogP contribution in [0.4, 0.5) is 23.2 Å². The molecule has 0 heterocycles. The van der Waals surface area contributed by atoms with Crippen LogP contribution < -0.4 is 5.73 Å². The summed E-state index contributed by atoms with van der Waals surface area (Å²) in [5, 5.41) is 0. The first-order valence-electron chi connectivity index (χ1n) is 5.09. The summed E-state index contributed by atoms with van der Waals surface area (Å²) < 4.78 is 50.5. The molecule has 0 bridgehead atoms. The van der Waals surface area contributed by atoms with E-state index in [0.29, 0.717) is 12.1 Å². The summed E-state index contributed by atoms with van der Waals surface area (Å²) in [5.74, 6) is -0.520. The number of halogens is 4. The number of benzene rings is 1. The first-order valence-corrected chi connectivity index (χ1v) is 5.09. The van der Waals surface area contributed by atoms with E-state index in [1.54, 1.807) is 0 Å². The second kappa shape index (κ2) is 4.01. The third-order valence-electron chi connectivity index (χ3n) is 2.52. The van der Waals surface area contributed by atoms with Crippen molar-refractivity contribution in [2.24, 2.45) is 16.6 Å². The van der Waals surface area contributed by atoms with Crippen molar-refractivity contribution >= 4 is 11.5 Å². The summed E-state index contributed by atoms with van der Waals surface area (Å²) in [6.07, 6.45) is -2.79. The topological polar surface area (TPSA) is 38.4 Å². The minimum Gasteiger partial charge on any atom is -0.387 e. The molecule has 1 aromatic carbocycles. The highest BCUT2D eigenvalue weighted by Gasteiger charge is 2.31. The average molecular weight is 246 g/mol. The lowest BCUT2D eigenvalue weighted by molar-refractivity contribution is -0.137. The zero-order valence-electron chi connectivity index (χ0n) is 8.76. The van der Waals surface area contributed by atoms with E-state index in [1.807, 2.05) is 0 Å². The summed E-state index contributed by atoms with van der Waals surface area (Å²) in [7, 11) is 0. The van der Waals surface area contributed by atoms with E-state index < -0.39 is 17.6 Å². The van der Waals surface area contributed by atoms with Gasteiger partial charge in [-0.25, -0.2) is 9.38 Å². The molecule has 0 amide bonds. The lowest BCUT2D eigenvalue weighted by Gasteiger charge is -2.08. The van der Waals surface area contributed by atoms with Crippen LogP contribution in [0.5, 0.6) is 0 Å². The molecule has 0 unspecified atom stereocenters. The highest BCUT2D eigenvalue weighted by atomic mass is 19.4. The number of hydrogen-bond donors (Lipinski definition) is 1. The molecule has 0 aliphatic heterocycles. The van der Waals surface area contributed by atoms with Crippen molar-refractivity contribution in [1.29, 1.82) is 0 Å². The third-order valence-corrected chi connectivity index (χ3v) is 2.52. The molecule has 6 heteroatoms. The molecule has 0 atom stereocenters. The first-order chi connectivity index (χ1) is 7.88. The minimum atomic E-state index is -4.51. The number of nitrogens with zero attached hydrogens (tertiary/aromatic N) is 1. The van der Waals surface area contributed by atoms with Crippen molar-refractivity contribution in [2.75, 3.05) is 0 Å². The molecule has 0 aromatic heterocycles. The molecule has 1 aliphatic rings. The number of aliphatic imine (C=N–C) groups is 1. The maximum Gasteiger partial charge on any atom is 0.416 e. The maximum absolute atomic E-state index is 13.3. The first kappa shape index (κ1) is 11.9. The van der Waals surface area contributed by atoms with E-state index in [-0.39, 0.29) is 17.4 Å². The second-order valence-electron chi connectivity index (χ2n) is 3.97. The number of alkyl halides is 3. The van der Waals surface area contributed by atoms with Crippen LogP contribution in [0.3, 0.4) is 0 Å². The number of hydrogen-bond acceptors (Lipinski definition) is 1. The Kier molecular flexibility index (Phi) is 2.81.